The molecule has 0 amide bonds. The molecule has 1 aliphatic carbocycles. The molecule has 0 spiro atoms. The van der Waals surface area contributed by atoms with Crippen LogP contribution in [0.3, 0.4) is 0 Å². The Kier molecular flexibility index (Phi) is 3.98. The Hall–Kier alpha value is -2.70. The molecule has 0 saturated heterocycles. The molecule has 1 fully saturated rings. The van der Waals surface area contributed by atoms with E-state index in [1.165, 1.54) is 25.6 Å². The second-order valence-corrected chi connectivity index (χ2v) is 6.02. The summed E-state index contributed by atoms with van der Waals surface area (Å²) in [5, 5.41) is 7.99. The number of hydrogen-bond donors (Lipinski definition) is 0. The van der Waals surface area contributed by atoms with Crippen molar-refractivity contribution < 1.29 is 9.47 Å². The summed E-state index contributed by atoms with van der Waals surface area (Å²) in [5.74, 6) is 1.95. The molecule has 3 aromatic rings. The van der Waals surface area contributed by atoms with E-state index in [0.717, 1.165) is 18.6 Å². The summed E-state index contributed by atoms with van der Waals surface area (Å²) in [5.41, 5.74) is 1.18. The lowest BCUT2D eigenvalue weighted by atomic mass is 9.98. The van der Waals surface area contributed by atoms with Crippen LogP contribution in [0.4, 0.5) is 0 Å². The SMILES string of the molecule is Cn1nnc2c(Oc3ccc(OC4CCCCC4)cc3)ncnc21. The first-order chi connectivity index (χ1) is 11.8. The van der Waals surface area contributed by atoms with Gasteiger partial charge in [-0.3, -0.25) is 0 Å². The number of fused-ring (bicyclic) bond motifs is 1. The first-order valence-electron chi connectivity index (χ1n) is 8.24. The van der Waals surface area contributed by atoms with Gasteiger partial charge in [0.15, 0.2) is 11.2 Å². The van der Waals surface area contributed by atoms with Crippen LogP contribution in [0.15, 0.2) is 30.6 Å². The first kappa shape index (κ1) is 14.9. The normalized spacial score (nSPS) is 15.5. The molecule has 0 aliphatic heterocycles. The van der Waals surface area contributed by atoms with Crippen molar-refractivity contribution in [1.82, 2.24) is 25.0 Å². The summed E-state index contributed by atoms with van der Waals surface area (Å²) in [6.45, 7) is 0. The standard InChI is InChI=1S/C17H19N5O2/c1-22-16-15(20-21-22)17(19-11-18-16)24-14-9-7-13(8-10-14)23-12-5-3-2-4-6-12/h7-12H,2-6H2,1H3. The van der Waals surface area contributed by atoms with E-state index in [1.807, 2.05) is 24.3 Å². The van der Waals surface area contributed by atoms with Gasteiger partial charge in [-0.05, 0) is 49.9 Å². The minimum Gasteiger partial charge on any atom is -0.490 e. The maximum Gasteiger partial charge on any atom is 0.252 e. The van der Waals surface area contributed by atoms with Crippen molar-refractivity contribution in [2.75, 3.05) is 0 Å². The van der Waals surface area contributed by atoms with E-state index in [0.29, 0.717) is 28.9 Å². The monoisotopic (exact) mass is 325 g/mol. The van der Waals surface area contributed by atoms with Gasteiger partial charge in [0, 0.05) is 7.05 Å². The minimum atomic E-state index is 0.339. The van der Waals surface area contributed by atoms with Gasteiger partial charge >= 0.3 is 0 Å². The Morgan fingerprint density at radius 2 is 1.75 bits per heavy atom. The van der Waals surface area contributed by atoms with E-state index in [1.54, 1.807) is 11.7 Å². The van der Waals surface area contributed by atoms with E-state index < -0.39 is 0 Å². The summed E-state index contributed by atoms with van der Waals surface area (Å²) in [7, 11) is 1.78. The zero-order valence-electron chi connectivity index (χ0n) is 13.6. The van der Waals surface area contributed by atoms with Crippen molar-refractivity contribution in [3.8, 4) is 17.4 Å². The van der Waals surface area contributed by atoms with Gasteiger partial charge in [0.2, 0.25) is 0 Å². The van der Waals surface area contributed by atoms with E-state index in [4.69, 9.17) is 9.47 Å². The van der Waals surface area contributed by atoms with Crippen LogP contribution in [-0.2, 0) is 7.05 Å². The number of ether oxygens (including phenoxy) is 2. The number of rotatable bonds is 4. The van der Waals surface area contributed by atoms with Crippen molar-refractivity contribution in [1.29, 1.82) is 0 Å². The van der Waals surface area contributed by atoms with Crippen molar-refractivity contribution in [3.63, 3.8) is 0 Å². The highest BCUT2D eigenvalue weighted by atomic mass is 16.5. The average molecular weight is 325 g/mol. The predicted molar refractivity (Wildman–Crippen MR) is 88.1 cm³/mol. The fourth-order valence-electron chi connectivity index (χ4n) is 2.98. The molecule has 1 saturated carbocycles. The molecule has 1 aromatic carbocycles. The fourth-order valence-corrected chi connectivity index (χ4v) is 2.98. The average Bonchev–Trinajstić information content (AvgIpc) is 3.00. The maximum atomic E-state index is 6.03. The summed E-state index contributed by atoms with van der Waals surface area (Å²) in [4.78, 5) is 8.30. The number of aromatic nitrogens is 5. The maximum absolute atomic E-state index is 6.03. The molecule has 124 valence electrons. The quantitative estimate of drug-likeness (QED) is 0.733. The zero-order valence-corrected chi connectivity index (χ0v) is 13.6. The smallest absolute Gasteiger partial charge is 0.252 e. The zero-order chi connectivity index (χ0) is 16.4. The summed E-state index contributed by atoms with van der Waals surface area (Å²) in [6, 6.07) is 7.61. The van der Waals surface area contributed by atoms with Crippen LogP contribution in [0.25, 0.3) is 11.2 Å². The van der Waals surface area contributed by atoms with Gasteiger partial charge in [0.05, 0.1) is 6.10 Å². The van der Waals surface area contributed by atoms with Crippen molar-refractivity contribution in [3.05, 3.63) is 30.6 Å². The molecule has 0 unspecified atom stereocenters. The molecule has 7 nitrogen and oxygen atoms in total. The Bertz CT molecular complexity index is 825. The molecule has 2 aromatic heterocycles. The van der Waals surface area contributed by atoms with E-state index in [9.17, 15) is 0 Å². The van der Waals surface area contributed by atoms with Crippen molar-refractivity contribution in [2.24, 2.45) is 7.05 Å². The molecular weight excluding hydrogens is 306 g/mol. The number of nitrogens with zero attached hydrogens (tertiary/aromatic N) is 5. The van der Waals surface area contributed by atoms with Crippen LogP contribution in [0.2, 0.25) is 0 Å². The van der Waals surface area contributed by atoms with Crippen LogP contribution in [0.5, 0.6) is 17.4 Å². The van der Waals surface area contributed by atoms with Crippen molar-refractivity contribution in [2.45, 2.75) is 38.2 Å². The molecule has 0 radical (unpaired) electrons. The Morgan fingerprint density at radius 3 is 2.54 bits per heavy atom. The predicted octanol–water partition coefficient (Wildman–Crippen LogP) is 3.26. The summed E-state index contributed by atoms with van der Waals surface area (Å²) < 4.78 is 13.4. The lowest BCUT2D eigenvalue weighted by molar-refractivity contribution is 0.155. The molecule has 4 rings (SSSR count). The van der Waals surface area contributed by atoms with Crippen LogP contribution in [0.1, 0.15) is 32.1 Å². The van der Waals surface area contributed by atoms with Crippen LogP contribution < -0.4 is 9.47 Å². The molecule has 0 N–H and O–H groups in total. The third-order valence-electron chi connectivity index (χ3n) is 4.25. The van der Waals surface area contributed by atoms with Gasteiger partial charge in [-0.1, -0.05) is 11.6 Å². The van der Waals surface area contributed by atoms with Crippen molar-refractivity contribution >= 4 is 11.2 Å². The Balaban J connectivity index is 1.48. The van der Waals surface area contributed by atoms with Gasteiger partial charge in [0.25, 0.3) is 5.88 Å². The molecule has 7 heteroatoms. The lowest BCUT2D eigenvalue weighted by Crippen LogP contribution is -2.19. The second-order valence-electron chi connectivity index (χ2n) is 6.02. The Morgan fingerprint density at radius 1 is 1.00 bits per heavy atom. The molecule has 0 atom stereocenters. The van der Waals surface area contributed by atoms with Crippen LogP contribution in [0, 0.1) is 0 Å². The molecule has 0 bridgehead atoms. The second kappa shape index (κ2) is 6.43. The third kappa shape index (κ3) is 3.02. The topological polar surface area (TPSA) is 75.0 Å². The van der Waals surface area contributed by atoms with Gasteiger partial charge < -0.3 is 9.47 Å². The van der Waals surface area contributed by atoms with Gasteiger partial charge in [0.1, 0.15) is 17.8 Å². The minimum absolute atomic E-state index is 0.339. The molecular formula is C17H19N5O2. The number of hydrogen-bond acceptors (Lipinski definition) is 6. The van der Waals surface area contributed by atoms with E-state index in [2.05, 4.69) is 20.3 Å². The fraction of sp³-hybridized carbons (Fsp3) is 0.412. The third-order valence-corrected chi connectivity index (χ3v) is 4.25. The highest BCUT2D eigenvalue weighted by Gasteiger charge is 2.15. The summed E-state index contributed by atoms with van der Waals surface area (Å²) in [6.07, 6.45) is 7.91. The van der Waals surface area contributed by atoms with Crippen LogP contribution in [-0.4, -0.2) is 31.1 Å². The van der Waals surface area contributed by atoms with Gasteiger partial charge in [-0.15, -0.1) is 5.10 Å². The highest BCUT2D eigenvalue weighted by Crippen LogP contribution is 2.28. The van der Waals surface area contributed by atoms with E-state index >= 15 is 0 Å². The Labute approximate surface area is 139 Å². The van der Waals surface area contributed by atoms with Crippen LogP contribution >= 0.6 is 0 Å². The summed E-state index contributed by atoms with van der Waals surface area (Å²) >= 11 is 0. The number of benzene rings is 1. The molecule has 1 aliphatic rings. The lowest BCUT2D eigenvalue weighted by Gasteiger charge is -2.23. The largest absolute Gasteiger partial charge is 0.490 e. The first-order valence-corrected chi connectivity index (χ1v) is 8.24. The molecule has 24 heavy (non-hydrogen) atoms. The van der Waals surface area contributed by atoms with Gasteiger partial charge in [-0.2, -0.15) is 4.98 Å². The molecule has 2 heterocycles. The number of aryl methyl sites for hydroxylation is 1. The van der Waals surface area contributed by atoms with Gasteiger partial charge in [-0.25, -0.2) is 9.67 Å². The highest BCUT2D eigenvalue weighted by molar-refractivity contribution is 5.75. The van der Waals surface area contributed by atoms with E-state index in [-0.39, 0.29) is 0 Å².